The summed E-state index contributed by atoms with van der Waals surface area (Å²) in [5.74, 6) is 0.514. The van der Waals surface area contributed by atoms with Crippen molar-refractivity contribution in [3.8, 4) is 16.9 Å². The number of carbonyl (C=O) groups excluding carboxylic acids is 1. The Morgan fingerprint density at radius 1 is 1.17 bits per heavy atom. The summed E-state index contributed by atoms with van der Waals surface area (Å²) in [6, 6.07) is 11.9. The molecule has 0 bridgehead atoms. The number of hydrogen-bond acceptors (Lipinski definition) is 4. The second-order valence-corrected chi connectivity index (χ2v) is 5.92. The molecule has 1 aliphatic heterocycles. The van der Waals surface area contributed by atoms with E-state index in [1.165, 1.54) is 18.2 Å². The lowest BCUT2D eigenvalue weighted by Crippen LogP contribution is -2.25. The summed E-state index contributed by atoms with van der Waals surface area (Å²) in [5, 5.41) is 0.657. The number of hydrogen-bond donors (Lipinski definition) is 0. The highest BCUT2D eigenvalue weighted by Crippen LogP contribution is 2.37. The van der Waals surface area contributed by atoms with Crippen molar-refractivity contribution >= 4 is 17.6 Å². The van der Waals surface area contributed by atoms with Gasteiger partial charge in [0.25, 0.3) is 0 Å². The van der Waals surface area contributed by atoms with Crippen molar-refractivity contribution in [2.45, 2.75) is 13.1 Å². The fourth-order valence-corrected chi connectivity index (χ4v) is 3.21. The van der Waals surface area contributed by atoms with Gasteiger partial charge in [-0.2, -0.15) is 0 Å². The second-order valence-electron chi connectivity index (χ2n) is 5.51. The number of esters is 1. The van der Waals surface area contributed by atoms with E-state index in [0.29, 0.717) is 18.1 Å². The average molecular weight is 332 g/mol. The van der Waals surface area contributed by atoms with E-state index in [2.05, 4.69) is 17.0 Å². The van der Waals surface area contributed by atoms with Gasteiger partial charge in [-0.25, -0.2) is 0 Å². The topological polar surface area (TPSA) is 38.8 Å². The number of benzene rings is 2. The molecular weight excluding hydrogens is 314 g/mol. The monoisotopic (exact) mass is 331 g/mol. The highest BCUT2D eigenvalue weighted by Gasteiger charge is 2.24. The summed E-state index contributed by atoms with van der Waals surface area (Å²) in [6.45, 7) is 1.75. The Balaban J connectivity index is 1.93. The molecule has 0 spiro atoms. The summed E-state index contributed by atoms with van der Waals surface area (Å²) in [5.41, 5.74) is 4.51. The summed E-state index contributed by atoms with van der Waals surface area (Å²) in [4.78, 5) is 13.6. The predicted molar refractivity (Wildman–Crippen MR) is 89.6 cm³/mol. The van der Waals surface area contributed by atoms with E-state index in [1.54, 1.807) is 7.11 Å². The molecule has 1 heterocycles. The van der Waals surface area contributed by atoms with Crippen molar-refractivity contribution in [1.29, 1.82) is 0 Å². The van der Waals surface area contributed by atoms with E-state index in [0.717, 1.165) is 23.4 Å². The van der Waals surface area contributed by atoms with Gasteiger partial charge in [-0.1, -0.05) is 29.8 Å². The number of ether oxygens (including phenoxy) is 2. The van der Waals surface area contributed by atoms with Crippen LogP contribution < -0.4 is 4.74 Å². The summed E-state index contributed by atoms with van der Waals surface area (Å²) >= 11 is 6.42. The first kappa shape index (κ1) is 15.8. The van der Waals surface area contributed by atoms with Crippen molar-refractivity contribution in [2.24, 2.45) is 0 Å². The van der Waals surface area contributed by atoms with Crippen molar-refractivity contribution in [3.63, 3.8) is 0 Å². The molecule has 0 saturated carbocycles. The van der Waals surface area contributed by atoms with E-state index in [-0.39, 0.29) is 5.97 Å². The third-order valence-electron chi connectivity index (χ3n) is 4.10. The average Bonchev–Trinajstić information content (AvgIpc) is 2.97. The minimum Gasteiger partial charge on any atom is -0.497 e. The summed E-state index contributed by atoms with van der Waals surface area (Å²) < 4.78 is 9.96. The van der Waals surface area contributed by atoms with Crippen LogP contribution in [-0.4, -0.2) is 31.6 Å². The Morgan fingerprint density at radius 3 is 2.70 bits per heavy atom. The quantitative estimate of drug-likeness (QED) is 0.804. The van der Waals surface area contributed by atoms with Crippen LogP contribution in [0, 0.1) is 0 Å². The van der Waals surface area contributed by atoms with Crippen molar-refractivity contribution in [3.05, 3.63) is 52.5 Å². The minimum atomic E-state index is -0.221. The van der Waals surface area contributed by atoms with Crippen LogP contribution in [0.2, 0.25) is 5.02 Å². The molecule has 2 aromatic carbocycles. The molecule has 1 aliphatic rings. The maximum Gasteiger partial charge on any atom is 0.319 e. The van der Waals surface area contributed by atoms with Gasteiger partial charge < -0.3 is 9.47 Å². The molecule has 0 amide bonds. The number of rotatable bonds is 4. The molecule has 2 aromatic rings. The first-order valence-corrected chi connectivity index (χ1v) is 7.74. The van der Waals surface area contributed by atoms with Gasteiger partial charge in [0.2, 0.25) is 0 Å². The number of halogens is 1. The highest BCUT2D eigenvalue weighted by molar-refractivity contribution is 6.33. The number of fused-ring (bicyclic) bond motifs is 1. The van der Waals surface area contributed by atoms with Gasteiger partial charge in [0, 0.05) is 18.7 Å². The number of carbonyl (C=O) groups is 1. The predicted octanol–water partition coefficient (Wildman–Crippen LogP) is 3.50. The molecule has 0 aromatic heterocycles. The Labute approximate surface area is 140 Å². The smallest absolute Gasteiger partial charge is 0.319 e. The summed E-state index contributed by atoms with van der Waals surface area (Å²) in [6.07, 6.45) is 0. The van der Waals surface area contributed by atoms with E-state index < -0.39 is 0 Å². The van der Waals surface area contributed by atoms with Gasteiger partial charge >= 0.3 is 5.97 Å². The van der Waals surface area contributed by atoms with Gasteiger partial charge in [0.1, 0.15) is 5.75 Å². The Bertz CT molecular complexity index is 745. The zero-order valence-electron chi connectivity index (χ0n) is 13.1. The van der Waals surface area contributed by atoms with Crippen LogP contribution in [0.5, 0.6) is 5.75 Å². The maximum absolute atomic E-state index is 11.5. The van der Waals surface area contributed by atoms with Gasteiger partial charge in [0.15, 0.2) is 0 Å². The van der Waals surface area contributed by atoms with Crippen LogP contribution in [0.15, 0.2) is 36.4 Å². The minimum absolute atomic E-state index is 0.221. The molecule has 0 atom stereocenters. The Kier molecular flexibility index (Phi) is 4.55. The second kappa shape index (κ2) is 6.60. The van der Waals surface area contributed by atoms with Crippen LogP contribution in [0.4, 0.5) is 0 Å². The molecule has 23 heavy (non-hydrogen) atoms. The Hall–Kier alpha value is -2.04. The van der Waals surface area contributed by atoms with Gasteiger partial charge in [-0.05, 0) is 34.9 Å². The normalized spacial score (nSPS) is 13.7. The number of methoxy groups -OCH3 is 2. The lowest BCUT2D eigenvalue weighted by atomic mass is 9.97. The van der Waals surface area contributed by atoms with Crippen molar-refractivity contribution in [2.75, 3.05) is 20.8 Å². The SMILES string of the molecule is COC(=O)CN1Cc2cccc(-c3ccc(OC)cc3Cl)c2C1. The summed E-state index contributed by atoms with van der Waals surface area (Å²) in [7, 11) is 3.03. The van der Waals surface area contributed by atoms with E-state index >= 15 is 0 Å². The molecule has 4 nitrogen and oxygen atoms in total. The van der Waals surface area contributed by atoms with Crippen molar-refractivity contribution in [1.82, 2.24) is 4.90 Å². The van der Waals surface area contributed by atoms with Gasteiger partial charge in [-0.15, -0.1) is 0 Å². The van der Waals surface area contributed by atoms with E-state index in [9.17, 15) is 4.79 Å². The first-order chi connectivity index (χ1) is 11.1. The van der Waals surface area contributed by atoms with Crippen LogP contribution in [0.3, 0.4) is 0 Å². The molecule has 0 saturated heterocycles. The molecule has 0 aliphatic carbocycles. The third-order valence-corrected chi connectivity index (χ3v) is 4.41. The highest BCUT2D eigenvalue weighted by atomic mass is 35.5. The zero-order valence-corrected chi connectivity index (χ0v) is 13.9. The van der Waals surface area contributed by atoms with Crippen LogP contribution >= 0.6 is 11.6 Å². The molecule has 0 N–H and O–H groups in total. The molecule has 0 fully saturated rings. The van der Waals surface area contributed by atoms with Gasteiger partial charge in [0.05, 0.1) is 25.8 Å². The first-order valence-electron chi connectivity index (χ1n) is 7.36. The lowest BCUT2D eigenvalue weighted by Gasteiger charge is -2.13. The van der Waals surface area contributed by atoms with Crippen LogP contribution in [-0.2, 0) is 22.6 Å². The molecule has 0 unspecified atom stereocenters. The fourth-order valence-electron chi connectivity index (χ4n) is 2.94. The Morgan fingerprint density at radius 2 is 2.00 bits per heavy atom. The van der Waals surface area contributed by atoms with E-state index in [1.807, 2.05) is 24.3 Å². The fraction of sp³-hybridized carbons (Fsp3) is 0.278. The zero-order chi connectivity index (χ0) is 16.4. The molecule has 5 heteroatoms. The standard InChI is InChI=1S/C18H18ClNO3/c1-22-13-6-7-15(17(19)8-13)14-5-3-4-12-9-20(10-16(12)14)11-18(21)23-2/h3-8H,9-11H2,1-2H3. The van der Waals surface area contributed by atoms with Crippen LogP contribution in [0.1, 0.15) is 11.1 Å². The maximum atomic E-state index is 11.5. The lowest BCUT2D eigenvalue weighted by molar-refractivity contribution is -0.142. The molecule has 120 valence electrons. The molecule has 3 rings (SSSR count). The molecule has 0 radical (unpaired) electrons. The largest absolute Gasteiger partial charge is 0.497 e. The molecular formula is C18H18ClNO3. The van der Waals surface area contributed by atoms with Crippen LogP contribution in [0.25, 0.3) is 11.1 Å². The number of nitrogens with zero attached hydrogens (tertiary/aromatic N) is 1. The van der Waals surface area contributed by atoms with Gasteiger partial charge in [-0.3, -0.25) is 9.69 Å². The third kappa shape index (κ3) is 3.19. The van der Waals surface area contributed by atoms with Crippen molar-refractivity contribution < 1.29 is 14.3 Å². The van der Waals surface area contributed by atoms with E-state index in [4.69, 9.17) is 21.1 Å².